The Kier molecular flexibility index (Phi) is 9.42. The molecule has 4 heteroatoms. The molecular formula is C37H50O3Si. The van der Waals surface area contributed by atoms with Gasteiger partial charge in [-0.25, -0.2) is 0 Å². The Bertz CT molecular complexity index is 1210. The van der Waals surface area contributed by atoms with Crippen LogP contribution in [0.15, 0.2) is 78.9 Å². The third kappa shape index (κ3) is 6.07. The Morgan fingerprint density at radius 3 is 2.12 bits per heavy atom. The highest BCUT2D eigenvalue weighted by Crippen LogP contribution is 2.51. The summed E-state index contributed by atoms with van der Waals surface area (Å²) in [6.45, 7) is 9.35. The average molecular weight is 571 g/mol. The molecule has 5 rings (SSSR count). The first-order valence-electron chi connectivity index (χ1n) is 15.9. The minimum absolute atomic E-state index is 0.0547. The minimum atomic E-state index is -2.68. The van der Waals surface area contributed by atoms with E-state index in [0.717, 1.165) is 57.1 Å². The lowest BCUT2D eigenvalue weighted by atomic mass is 9.73. The third-order valence-electron chi connectivity index (χ3n) is 10.0. The molecule has 5 atom stereocenters. The SMILES string of the molecule is CCCC[C@H](O)CC[C@@H]1[C@H]2Cc3cccc(OC)c3C[C@H]2C[C@H]1O[Si](c1ccccc1)(c1ccccc1)C(C)(C)C. The summed E-state index contributed by atoms with van der Waals surface area (Å²) in [6, 6.07) is 28.7. The molecule has 0 bridgehead atoms. The highest BCUT2D eigenvalue weighted by atomic mass is 28.4. The molecule has 1 fully saturated rings. The first-order valence-corrected chi connectivity index (χ1v) is 17.8. The lowest BCUT2D eigenvalue weighted by Crippen LogP contribution is -2.68. The second kappa shape index (κ2) is 12.9. The number of rotatable bonds is 11. The molecule has 0 radical (unpaired) electrons. The molecule has 0 heterocycles. The number of ether oxygens (including phenoxy) is 1. The van der Waals surface area contributed by atoms with Gasteiger partial charge in [0.25, 0.3) is 8.32 Å². The van der Waals surface area contributed by atoms with Gasteiger partial charge in [-0.2, -0.15) is 0 Å². The van der Waals surface area contributed by atoms with E-state index in [2.05, 4.69) is 107 Å². The van der Waals surface area contributed by atoms with Crippen molar-refractivity contribution in [1.29, 1.82) is 0 Å². The van der Waals surface area contributed by atoms with Crippen LogP contribution in [0.3, 0.4) is 0 Å². The van der Waals surface area contributed by atoms with E-state index in [1.165, 1.54) is 21.5 Å². The first kappa shape index (κ1) is 30.1. The van der Waals surface area contributed by atoms with Gasteiger partial charge in [-0.05, 0) is 88.9 Å². The number of methoxy groups -OCH3 is 1. The van der Waals surface area contributed by atoms with Gasteiger partial charge in [0.05, 0.1) is 13.2 Å². The molecule has 1 saturated carbocycles. The zero-order valence-corrected chi connectivity index (χ0v) is 26.8. The molecule has 0 amide bonds. The van der Waals surface area contributed by atoms with Crippen molar-refractivity contribution in [2.75, 3.05) is 7.11 Å². The largest absolute Gasteiger partial charge is 0.496 e. The van der Waals surface area contributed by atoms with Crippen LogP contribution in [0.1, 0.15) is 77.3 Å². The standard InChI is InChI=1S/C37H50O3Si/c1-6-7-16-29(38)22-23-32-33-24-27-15-14-21-35(39-5)34(27)25-28(33)26-36(32)40-41(37(2,3)4,30-17-10-8-11-18-30)31-19-12-9-13-20-31/h8-15,17-21,28-29,32-33,36,38H,6-7,16,22-26H2,1-5H3/t28-,29-,32+,33-,36+/m0/s1. The molecular weight excluding hydrogens is 520 g/mol. The van der Waals surface area contributed by atoms with Gasteiger partial charge in [-0.15, -0.1) is 0 Å². The van der Waals surface area contributed by atoms with Gasteiger partial charge < -0.3 is 14.3 Å². The zero-order valence-electron chi connectivity index (χ0n) is 25.8. The first-order chi connectivity index (χ1) is 19.8. The monoisotopic (exact) mass is 570 g/mol. The van der Waals surface area contributed by atoms with E-state index in [1.807, 2.05) is 0 Å². The molecule has 1 N–H and O–H groups in total. The average Bonchev–Trinajstić information content (AvgIpc) is 3.31. The van der Waals surface area contributed by atoms with E-state index in [9.17, 15) is 5.11 Å². The molecule has 3 nitrogen and oxygen atoms in total. The second-order valence-corrected chi connectivity index (χ2v) is 17.8. The number of unbranched alkanes of at least 4 members (excludes halogenated alkanes) is 1. The fourth-order valence-corrected chi connectivity index (χ4v) is 12.7. The molecule has 0 saturated heterocycles. The summed E-state index contributed by atoms with van der Waals surface area (Å²) >= 11 is 0. The summed E-state index contributed by atoms with van der Waals surface area (Å²) in [7, 11) is -0.885. The highest BCUT2D eigenvalue weighted by Gasteiger charge is 2.55. The maximum absolute atomic E-state index is 10.9. The topological polar surface area (TPSA) is 38.7 Å². The van der Waals surface area contributed by atoms with Crippen molar-refractivity contribution in [3.63, 3.8) is 0 Å². The molecule has 0 aliphatic heterocycles. The fourth-order valence-electron chi connectivity index (χ4n) is 7.99. The Morgan fingerprint density at radius 1 is 0.878 bits per heavy atom. The number of hydrogen-bond acceptors (Lipinski definition) is 3. The summed E-state index contributed by atoms with van der Waals surface area (Å²) in [4.78, 5) is 0. The van der Waals surface area contributed by atoms with E-state index in [-0.39, 0.29) is 17.2 Å². The van der Waals surface area contributed by atoms with Crippen molar-refractivity contribution in [1.82, 2.24) is 0 Å². The molecule has 0 unspecified atom stereocenters. The third-order valence-corrected chi connectivity index (χ3v) is 15.1. The van der Waals surface area contributed by atoms with Crippen LogP contribution in [0.5, 0.6) is 5.75 Å². The van der Waals surface area contributed by atoms with Crippen LogP contribution < -0.4 is 15.1 Å². The number of fused-ring (bicyclic) bond motifs is 2. The van der Waals surface area contributed by atoms with Gasteiger partial charge in [0, 0.05) is 6.10 Å². The van der Waals surface area contributed by atoms with Crippen molar-refractivity contribution in [3.8, 4) is 5.75 Å². The van der Waals surface area contributed by atoms with Gasteiger partial charge in [-0.3, -0.25) is 0 Å². The highest BCUT2D eigenvalue weighted by molar-refractivity contribution is 6.99. The number of aliphatic hydroxyl groups is 1. The zero-order chi connectivity index (χ0) is 29.0. The molecule has 0 aromatic heterocycles. The van der Waals surface area contributed by atoms with Gasteiger partial charge in [0.1, 0.15) is 5.75 Å². The number of aliphatic hydroxyl groups excluding tert-OH is 1. The molecule has 2 aliphatic carbocycles. The maximum Gasteiger partial charge on any atom is 0.261 e. The second-order valence-electron chi connectivity index (χ2n) is 13.5. The Hall–Kier alpha value is -2.40. The van der Waals surface area contributed by atoms with Crippen LogP contribution in [-0.2, 0) is 17.3 Å². The predicted octanol–water partition coefficient (Wildman–Crippen LogP) is 7.32. The van der Waals surface area contributed by atoms with Gasteiger partial charge >= 0.3 is 0 Å². The molecule has 3 aromatic rings. The van der Waals surface area contributed by atoms with Crippen molar-refractivity contribution in [3.05, 3.63) is 90.0 Å². The van der Waals surface area contributed by atoms with Gasteiger partial charge in [0.15, 0.2) is 0 Å². The molecule has 220 valence electrons. The summed E-state index contributed by atoms with van der Waals surface area (Å²) < 4.78 is 13.6. The Labute approximate surface area is 249 Å². The van der Waals surface area contributed by atoms with Crippen molar-refractivity contribution >= 4 is 18.7 Å². The minimum Gasteiger partial charge on any atom is -0.496 e. The summed E-state index contributed by atoms with van der Waals surface area (Å²) in [5.74, 6) is 2.59. The lowest BCUT2D eigenvalue weighted by Gasteiger charge is -2.46. The fraction of sp³-hybridized carbons (Fsp3) is 0.514. The van der Waals surface area contributed by atoms with Crippen LogP contribution in [0, 0.1) is 17.8 Å². The van der Waals surface area contributed by atoms with E-state index >= 15 is 0 Å². The van der Waals surface area contributed by atoms with E-state index in [0.29, 0.717) is 17.8 Å². The normalized spacial score (nSPS) is 23.1. The van der Waals surface area contributed by atoms with Crippen molar-refractivity contribution < 1.29 is 14.3 Å². The molecule has 0 spiro atoms. The molecule has 3 aromatic carbocycles. The van der Waals surface area contributed by atoms with Crippen molar-refractivity contribution in [2.24, 2.45) is 17.8 Å². The van der Waals surface area contributed by atoms with Crippen LogP contribution in [0.2, 0.25) is 5.04 Å². The van der Waals surface area contributed by atoms with E-state index < -0.39 is 8.32 Å². The van der Waals surface area contributed by atoms with Crippen molar-refractivity contribution in [2.45, 2.75) is 96.3 Å². The van der Waals surface area contributed by atoms with Crippen LogP contribution in [0.4, 0.5) is 0 Å². The lowest BCUT2D eigenvalue weighted by molar-refractivity contribution is 0.0951. The summed E-state index contributed by atoms with van der Waals surface area (Å²) in [6.07, 6.45) is 8.14. The van der Waals surface area contributed by atoms with Crippen LogP contribution in [-0.4, -0.2) is 32.7 Å². The molecule has 2 aliphatic rings. The van der Waals surface area contributed by atoms with E-state index in [4.69, 9.17) is 9.16 Å². The van der Waals surface area contributed by atoms with E-state index in [1.54, 1.807) is 7.11 Å². The van der Waals surface area contributed by atoms with Crippen LogP contribution in [0.25, 0.3) is 0 Å². The summed E-state index contributed by atoms with van der Waals surface area (Å²) in [5.41, 5.74) is 2.83. The number of benzene rings is 3. The van der Waals surface area contributed by atoms with Gasteiger partial charge in [-0.1, -0.05) is 113 Å². The number of hydrogen-bond donors (Lipinski definition) is 1. The summed E-state index contributed by atoms with van der Waals surface area (Å²) in [5, 5.41) is 13.6. The molecule has 41 heavy (non-hydrogen) atoms. The maximum atomic E-state index is 10.9. The van der Waals surface area contributed by atoms with Gasteiger partial charge in [0.2, 0.25) is 0 Å². The quantitative estimate of drug-likeness (QED) is 0.246. The smallest absolute Gasteiger partial charge is 0.261 e. The predicted molar refractivity (Wildman–Crippen MR) is 173 cm³/mol. The Morgan fingerprint density at radius 2 is 1.54 bits per heavy atom. The Balaban J connectivity index is 1.54. The van der Waals surface area contributed by atoms with Crippen LogP contribution >= 0.6 is 0 Å².